The quantitative estimate of drug-likeness (QED) is 0.548. The van der Waals surface area contributed by atoms with E-state index < -0.39 is 24.2 Å². The number of carboxylic acids is 1. The van der Waals surface area contributed by atoms with Gasteiger partial charge < -0.3 is 25.0 Å². The molecule has 2 aliphatic heterocycles. The van der Waals surface area contributed by atoms with E-state index in [0.29, 0.717) is 12.3 Å². The van der Waals surface area contributed by atoms with Crippen molar-refractivity contribution < 1.29 is 29.0 Å². The van der Waals surface area contributed by atoms with Gasteiger partial charge in [-0.25, -0.2) is 14.8 Å². The lowest BCUT2D eigenvalue weighted by molar-refractivity contribution is -0.187. The lowest BCUT2D eigenvalue weighted by Gasteiger charge is -2.54. The number of benzene rings is 1. The third-order valence-electron chi connectivity index (χ3n) is 6.16. The molecule has 0 spiro atoms. The molecule has 2 heterocycles. The van der Waals surface area contributed by atoms with E-state index in [-0.39, 0.29) is 44.3 Å². The molecule has 34 heavy (non-hydrogen) atoms. The molecule has 0 saturated carbocycles. The van der Waals surface area contributed by atoms with E-state index >= 15 is 0 Å². The molecule has 0 aromatic heterocycles. The zero-order valence-electron chi connectivity index (χ0n) is 19.9. The number of likely N-dealkylation sites (N-methyl/N-ethyl adjacent to an activating group) is 1. The summed E-state index contributed by atoms with van der Waals surface area (Å²) in [4.78, 5) is 53.6. The highest BCUT2D eigenvalue weighted by Crippen LogP contribution is 2.28. The van der Waals surface area contributed by atoms with Crippen molar-refractivity contribution in [3.63, 3.8) is 0 Å². The molecule has 3 rings (SSSR count). The molecule has 186 valence electrons. The molecule has 0 bridgehead atoms. The number of piperazine rings is 1. The van der Waals surface area contributed by atoms with Gasteiger partial charge >= 0.3 is 12.0 Å². The van der Waals surface area contributed by atoms with E-state index in [1.165, 1.54) is 9.91 Å². The van der Waals surface area contributed by atoms with Crippen molar-refractivity contribution in [1.29, 1.82) is 0 Å². The predicted molar refractivity (Wildman–Crippen MR) is 122 cm³/mol. The second-order valence-electron chi connectivity index (χ2n) is 8.53. The number of amides is 4. The van der Waals surface area contributed by atoms with Crippen molar-refractivity contribution >= 4 is 23.8 Å². The third kappa shape index (κ3) is 5.58. The summed E-state index contributed by atoms with van der Waals surface area (Å²) in [6, 6.07) is 6.00. The summed E-state index contributed by atoms with van der Waals surface area (Å²) < 4.78 is 5.16. The van der Waals surface area contributed by atoms with Gasteiger partial charge in [0.05, 0.1) is 20.2 Å². The molecule has 2 N–H and O–H groups in total. The first-order chi connectivity index (χ1) is 16.3. The number of nitrogens with one attached hydrogen (secondary N) is 1. The molecule has 1 aromatic rings. The number of aliphatic carboxylic acids is 1. The zero-order valence-corrected chi connectivity index (χ0v) is 19.9. The summed E-state index contributed by atoms with van der Waals surface area (Å²) in [5.41, 5.74) is 0.879. The number of fused-ring (bicyclic) bond motifs is 1. The SMILES string of the molecule is CCCCN1C[C@H]2N(C(=O)CN(C)N2C(=O)NCc2ccc(OC)cc2)[C@@H](CCC(=O)O)C1=O. The number of unbranched alkanes of at least 4 members (excludes halogenated alkanes) is 1. The topological polar surface area (TPSA) is 123 Å². The van der Waals surface area contributed by atoms with Gasteiger partial charge in [0.25, 0.3) is 0 Å². The van der Waals surface area contributed by atoms with Crippen molar-refractivity contribution in [2.24, 2.45) is 0 Å². The number of carbonyl (C=O) groups is 4. The molecule has 0 aliphatic carbocycles. The smallest absolute Gasteiger partial charge is 0.334 e. The van der Waals surface area contributed by atoms with Gasteiger partial charge in [-0.15, -0.1) is 0 Å². The Morgan fingerprint density at radius 1 is 1.21 bits per heavy atom. The number of carboxylic acid groups (broad SMARTS) is 1. The maximum atomic E-state index is 13.3. The first-order valence-electron chi connectivity index (χ1n) is 11.5. The molecule has 0 unspecified atom stereocenters. The van der Waals surface area contributed by atoms with Gasteiger partial charge in [-0.3, -0.25) is 14.4 Å². The second-order valence-corrected chi connectivity index (χ2v) is 8.53. The summed E-state index contributed by atoms with van der Waals surface area (Å²) in [5, 5.41) is 15.1. The van der Waals surface area contributed by atoms with Crippen molar-refractivity contribution in [3.8, 4) is 5.75 Å². The van der Waals surface area contributed by atoms with Gasteiger partial charge in [-0.05, 0) is 30.5 Å². The van der Waals surface area contributed by atoms with Crippen LogP contribution >= 0.6 is 0 Å². The van der Waals surface area contributed by atoms with Crippen LogP contribution in [-0.2, 0) is 20.9 Å². The molecule has 11 nitrogen and oxygen atoms in total. The summed E-state index contributed by atoms with van der Waals surface area (Å²) in [6.45, 7) is 2.86. The molecular formula is C23H33N5O6. The summed E-state index contributed by atoms with van der Waals surface area (Å²) in [6.07, 6.45) is 0.703. The first-order valence-corrected chi connectivity index (χ1v) is 11.5. The van der Waals surface area contributed by atoms with Crippen LogP contribution in [0.1, 0.15) is 38.2 Å². The number of hydrazine groups is 1. The Kier molecular flexibility index (Phi) is 8.32. The van der Waals surface area contributed by atoms with E-state index in [9.17, 15) is 24.3 Å². The van der Waals surface area contributed by atoms with Crippen molar-refractivity contribution in [3.05, 3.63) is 29.8 Å². The van der Waals surface area contributed by atoms with Gasteiger partial charge in [0.15, 0.2) is 0 Å². The number of rotatable bonds is 9. The molecule has 4 amide bonds. The van der Waals surface area contributed by atoms with E-state index in [1.807, 2.05) is 19.1 Å². The van der Waals surface area contributed by atoms with E-state index in [0.717, 1.165) is 18.4 Å². The Morgan fingerprint density at radius 2 is 1.91 bits per heavy atom. The van der Waals surface area contributed by atoms with Gasteiger partial charge in [-0.2, -0.15) is 0 Å². The molecule has 2 atom stereocenters. The number of urea groups is 1. The molecule has 2 saturated heterocycles. The lowest BCUT2D eigenvalue weighted by Crippen LogP contribution is -2.76. The Labute approximate surface area is 199 Å². The molecule has 1 aromatic carbocycles. The Bertz CT molecular complexity index is 908. The number of hydrogen-bond acceptors (Lipinski definition) is 6. The van der Waals surface area contributed by atoms with E-state index in [1.54, 1.807) is 36.2 Å². The molecule has 2 fully saturated rings. The van der Waals surface area contributed by atoms with Crippen LogP contribution in [0.4, 0.5) is 4.79 Å². The molecule has 11 heteroatoms. The number of carbonyl (C=O) groups excluding carboxylic acids is 3. The largest absolute Gasteiger partial charge is 0.497 e. The van der Waals surface area contributed by atoms with Crippen LogP contribution in [0.3, 0.4) is 0 Å². The van der Waals surface area contributed by atoms with Gasteiger partial charge in [0, 0.05) is 26.6 Å². The fourth-order valence-electron chi connectivity index (χ4n) is 4.39. The lowest BCUT2D eigenvalue weighted by atomic mass is 10.0. The Morgan fingerprint density at radius 3 is 2.53 bits per heavy atom. The molecule has 2 aliphatic rings. The monoisotopic (exact) mass is 475 g/mol. The molecule has 0 radical (unpaired) electrons. The van der Waals surface area contributed by atoms with Gasteiger partial charge in [-0.1, -0.05) is 25.5 Å². The highest BCUT2D eigenvalue weighted by Gasteiger charge is 2.50. The minimum atomic E-state index is -1.04. The van der Waals surface area contributed by atoms with Crippen LogP contribution in [0.2, 0.25) is 0 Å². The van der Waals surface area contributed by atoms with Crippen LogP contribution in [0.5, 0.6) is 5.75 Å². The normalized spacial score (nSPS) is 20.9. The Hall–Kier alpha value is -3.34. The minimum Gasteiger partial charge on any atom is -0.497 e. The van der Waals surface area contributed by atoms with Crippen LogP contribution in [0.25, 0.3) is 0 Å². The number of ether oxygens (including phenoxy) is 1. The average Bonchev–Trinajstić information content (AvgIpc) is 2.81. The fraction of sp³-hybridized carbons (Fsp3) is 0.565. The van der Waals surface area contributed by atoms with Crippen molar-refractivity contribution in [2.75, 3.05) is 33.8 Å². The maximum Gasteiger partial charge on any atom is 0.334 e. The number of nitrogens with zero attached hydrogens (tertiary/aromatic N) is 4. The van der Waals surface area contributed by atoms with E-state index in [4.69, 9.17) is 4.74 Å². The number of hydrogen-bond donors (Lipinski definition) is 2. The van der Waals surface area contributed by atoms with Crippen molar-refractivity contribution in [2.45, 2.75) is 51.4 Å². The fourth-order valence-corrected chi connectivity index (χ4v) is 4.39. The van der Waals surface area contributed by atoms with Crippen LogP contribution in [-0.4, -0.2) is 94.7 Å². The summed E-state index contributed by atoms with van der Waals surface area (Å²) in [5.74, 6) is -0.884. The maximum absolute atomic E-state index is 13.3. The highest BCUT2D eigenvalue weighted by molar-refractivity contribution is 5.91. The number of methoxy groups -OCH3 is 1. The second kappa shape index (κ2) is 11.2. The van der Waals surface area contributed by atoms with Crippen molar-refractivity contribution in [1.82, 2.24) is 25.1 Å². The molecular weight excluding hydrogens is 442 g/mol. The average molecular weight is 476 g/mol. The minimum absolute atomic E-state index is 0.00402. The standard InChI is InChI=1S/C23H33N5O6/c1-4-5-12-26-14-19-27(18(22(26)32)10-11-21(30)31)20(29)15-25(2)28(19)23(33)24-13-16-6-8-17(34-3)9-7-16/h6-9,18-19H,4-5,10-15H2,1-3H3,(H,24,33)(H,30,31)/t18-,19-/m0/s1. The van der Waals surface area contributed by atoms with Crippen LogP contribution in [0, 0.1) is 0 Å². The highest BCUT2D eigenvalue weighted by atomic mass is 16.5. The van der Waals surface area contributed by atoms with Crippen LogP contribution in [0.15, 0.2) is 24.3 Å². The summed E-state index contributed by atoms with van der Waals surface area (Å²) in [7, 11) is 3.24. The van der Waals surface area contributed by atoms with Gasteiger partial charge in [0.2, 0.25) is 11.8 Å². The summed E-state index contributed by atoms with van der Waals surface area (Å²) >= 11 is 0. The Balaban J connectivity index is 1.81. The van der Waals surface area contributed by atoms with Crippen LogP contribution < -0.4 is 10.1 Å². The zero-order chi connectivity index (χ0) is 24.8. The first kappa shape index (κ1) is 25.3. The predicted octanol–water partition coefficient (Wildman–Crippen LogP) is 1.10. The third-order valence-corrected chi connectivity index (χ3v) is 6.16. The van der Waals surface area contributed by atoms with E-state index in [2.05, 4.69) is 5.32 Å². The van der Waals surface area contributed by atoms with Gasteiger partial charge in [0.1, 0.15) is 18.0 Å².